The molecular formula is C20H18N6O2. The highest BCUT2D eigenvalue weighted by atomic mass is 16.2. The van der Waals surface area contributed by atoms with Crippen molar-refractivity contribution in [1.29, 1.82) is 0 Å². The number of pyridine rings is 2. The normalized spacial score (nSPS) is 10.4. The Hall–Kier alpha value is -4.07. The highest BCUT2D eigenvalue weighted by Gasteiger charge is 2.07. The standard InChI is InChI=1S/C20H18N6O2/c27-19(26-24-12-15-6-9-21-10-7-15)14-23-17-4-1-3-16(11-17)20(28)25-18-5-2-8-22-13-18/h1-13,23H,14H2,(H,25,28)(H,26,27). The van der Waals surface area contributed by atoms with Crippen molar-refractivity contribution in [1.82, 2.24) is 15.4 Å². The molecule has 0 bridgehead atoms. The van der Waals surface area contributed by atoms with Gasteiger partial charge >= 0.3 is 0 Å². The van der Waals surface area contributed by atoms with Gasteiger partial charge in [0.15, 0.2) is 0 Å². The zero-order chi connectivity index (χ0) is 19.6. The van der Waals surface area contributed by atoms with Crippen LogP contribution in [0.2, 0.25) is 0 Å². The lowest BCUT2D eigenvalue weighted by molar-refractivity contribution is -0.119. The van der Waals surface area contributed by atoms with E-state index >= 15 is 0 Å². The van der Waals surface area contributed by atoms with Crippen molar-refractivity contribution in [3.8, 4) is 0 Å². The molecule has 0 unspecified atom stereocenters. The molecule has 140 valence electrons. The van der Waals surface area contributed by atoms with Gasteiger partial charge in [-0.1, -0.05) is 6.07 Å². The van der Waals surface area contributed by atoms with E-state index in [1.165, 1.54) is 6.21 Å². The van der Waals surface area contributed by atoms with Crippen molar-refractivity contribution in [3.63, 3.8) is 0 Å². The Labute approximate surface area is 161 Å². The van der Waals surface area contributed by atoms with Crippen LogP contribution in [0.1, 0.15) is 15.9 Å². The predicted octanol–water partition coefficient (Wildman–Crippen LogP) is 2.29. The third-order valence-corrected chi connectivity index (χ3v) is 3.61. The van der Waals surface area contributed by atoms with Crippen LogP contribution in [-0.4, -0.2) is 34.5 Å². The van der Waals surface area contributed by atoms with Crippen LogP contribution in [0.3, 0.4) is 0 Å². The first kappa shape index (κ1) is 18.7. The minimum absolute atomic E-state index is 0.0152. The zero-order valence-electron chi connectivity index (χ0n) is 14.9. The van der Waals surface area contributed by atoms with E-state index in [0.29, 0.717) is 16.9 Å². The predicted molar refractivity (Wildman–Crippen MR) is 107 cm³/mol. The summed E-state index contributed by atoms with van der Waals surface area (Å²) in [7, 11) is 0. The summed E-state index contributed by atoms with van der Waals surface area (Å²) in [5.41, 5.74) is 4.98. The number of nitrogens with one attached hydrogen (secondary N) is 3. The van der Waals surface area contributed by atoms with Crippen LogP contribution >= 0.6 is 0 Å². The van der Waals surface area contributed by atoms with Crippen LogP contribution < -0.4 is 16.1 Å². The summed E-state index contributed by atoms with van der Waals surface area (Å²) >= 11 is 0. The van der Waals surface area contributed by atoms with Crippen molar-refractivity contribution in [2.45, 2.75) is 0 Å². The van der Waals surface area contributed by atoms with Crippen molar-refractivity contribution < 1.29 is 9.59 Å². The fourth-order valence-electron chi connectivity index (χ4n) is 2.26. The molecule has 0 saturated heterocycles. The van der Waals surface area contributed by atoms with Crippen LogP contribution in [0.4, 0.5) is 11.4 Å². The maximum Gasteiger partial charge on any atom is 0.259 e. The average molecular weight is 374 g/mol. The van der Waals surface area contributed by atoms with Crippen molar-refractivity contribution in [2.75, 3.05) is 17.2 Å². The van der Waals surface area contributed by atoms with Crippen LogP contribution in [0.25, 0.3) is 0 Å². The van der Waals surface area contributed by atoms with Crippen molar-refractivity contribution in [3.05, 3.63) is 84.4 Å². The third-order valence-electron chi connectivity index (χ3n) is 3.61. The van der Waals surface area contributed by atoms with E-state index in [1.807, 2.05) is 0 Å². The highest BCUT2D eigenvalue weighted by Crippen LogP contribution is 2.12. The molecule has 0 atom stereocenters. The lowest BCUT2D eigenvalue weighted by Crippen LogP contribution is -2.26. The average Bonchev–Trinajstić information content (AvgIpc) is 2.74. The lowest BCUT2D eigenvalue weighted by atomic mass is 10.2. The van der Waals surface area contributed by atoms with Gasteiger partial charge in [-0.25, -0.2) is 5.43 Å². The highest BCUT2D eigenvalue weighted by molar-refractivity contribution is 6.04. The maximum absolute atomic E-state index is 12.3. The summed E-state index contributed by atoms with van der Waals surface area (Å²) in [4.78, 5) is 32.1. The number of hydrogen-bond acceptors (Lipinski definition) is 6. The first-order valence-electron chi connectivity index (χ1n) is 8.48. The fraction of sp³-hybridized carbons (Fsp3) is 0.0500. The van der Waals surface area contributed by atoms with Gasteiger partial charge in [0, 0.05) is 29.8 Å². The summed E-state index contributed by atoms with van der Waals surface area (Å²) in [6.45, 7) is 0.0152. The molecule has 8 heteroatoms. The summed E-state index contributed by atoms with van der Waals surface area (Å²) in [5, 5.41) is 9.61. The molecule has 0 fully saturated rings. The minimum atomic E-state index is -0.310. The first-order chi connectivity index (χ1) is 13.7. The first-order valence-corrected chi connectivity index (χ1v) is 8.48. The number of anilines is 2. The van der Waals surface area contributed by atoms with Gasteiger partial charge in [-0.15, -0.1) is 0 Å². The molecule has 3 N–H and O–H groups in total. The maximum atomic E-state index is 12.3. The molecule has 2 aromatic heterocycles. The molecule has 2 amide bonds. The Morgan fingerprint density at radius 2 is 1.79 bits per heavy atom. The van der Waals surface area contributed by atoms with Crippen LogP contribution in [0.5, 0.6) is 0 Å². The number of carbonyl (C=O) groups excluding carboxylic acids is 2. The number of amides is 2. The van der Waals surface area contributed by atoms with Gasteiger partial charge in [0.1, 0.15) is 0 Å². The van der Waals surface area contributed by atoms with E-state index in [9.17, 15) is 9.59 Å². The number of benzene rings is 1. The summed E-state index contributed by atoms with van der Waals surface area (Å²) in [6.07, 6.45) is 8.01. The van der Waals surface area contributed by atoms with Gasteiger partial charge < -0.3 is 10.6 Å². The fourth-order valence-corrected chi connectivity index (χ4v) is 2.26. The van der Waals surface area contributed by atoms with E-state index in [-0.39, 0.29) is 18.4 Å². The molecule has 28 heavy (non-hydrogen) atoms. The van der Waals surface area contributed by atoms with E-state index in [4.69, 9.17) is 0 Å². The Morgan fingerprint density at radius 1 is 0.964 bits per heavy atom. The van der Waals surface area contributed by atoms with Gasteiger partial charge in [-0.05, 0) is 48.0 Å². The van der Waals surface area contributed by atoms with E-state index < -0.39 is 0 Å². The molecule has 3 rings (SSSR count). The molecular weight excluding hydrogens is 356 g/mol. The minimum Gasteiger partial charge on any atom is -0.376 e. The Morgan fingerprint density at radius 3 is 2.57 bits per heavy atom. The van der Waals surface area contributed by atoms with Crippen LogP contribution in [-0.2, 0) is 4.79 Å². The second-order valence-corrected chi connectivity index (χ2v) is 5.70. The zero-order valence-corrected chi connectivity index (χ0v) is 14.9. The Kier molecular flexibility index (Phi) is 6.40. The summed E-state index contributed by atoms with van der Waals surface area (Å²) in [5.74, 6) is -0.571. The molecule has 0 saturated carbocycles. The molecule has 0 aliphatic rings. The number of hydrogen-bond donors (Lipinski definition) is 3. The van der Waals surface area contributed by atoms with Gasteiger partial charge in [-0.3, -0.25) is 19.6 Å². The molecule has 0 aliphatic carbocycles. The van der Waals surface area contributed by atoms with Crippen LogP contribution in [0, 0.1) is 0 Å². The molecule has 0 spiro atoms. The number of hydrazone groups is 1. The van der Waals surface area contributed by atoms with E-state index in [0.717, 1.165) is 5.56 Å². The van der Waals surface area contributed by atoms with E-state index in [1.54, 1.807) is 73.3 Å². The third kappa shape index (κ3) is 5.73. The molecule has 0 aliphatic heterocycles. The van der Waals surface area contributed by atoms with Gasteiger partial charge in [0.05, 0.1) is 24.6 Å². The van der Waals surface area contributed by atoms with Gasteiger partial charge in [-0.2, -0.15) is 5.10 Å². The number of rotatable bonds is 7. The SMILES string of the molecule is O=C(CNc1cccc(C(=O)Nc2cccnc2)c1)NN=Cc1ccncc1. The largest absolute Gasteiger partial charge is 0.376 e. The molecule has 0 radical (unpaired) electrons. The Bertz CT molecular complexity index is 961. The quantitative estimate of drug-likeness (QED) is 0.434. The molecule has 8 nitrogen and oxygen atoms in total. The van der Waals surface area contributed by atoms with Crippen LogP contribution in [0.15, 0.2) is 78.4 Å². The topological polar surface area (TPSA) is 108 Å². The van der Waals surface area contributed by atoms with E-state index in [2.05, 4.69) is 31.1 Å². The van der Waals surface area contributed by atoms with Crippen molar-refractivity contribution in [2.24, 2.45) is 5.10 Å². The van der Waals surface area contributed by atoms with Crippen molar-refractivity contribution >= 4 is 29.4 Å². The van der Waals surface area contributed by atoms with Gasteiger partial charge in [0.25, 0.3) is 11.8 Å². The monoisotopic (exact) mass is 374 g/mol. The van der Waals surface area contributed by atoms with Gasteiger partial charge in [0.2, 0.25) is 0 Å². The second kappa shape index (κ2) is 9.58. The summed E-state index contributed by atoms with van der Waals surface area (Å²) in [6, 6.07) is 13.9. The lowest BCUT2D eigenvalue weighted by Gasteiger charge is -2.08. The summed E-state index contributed by atoms with van der Waals surface area (Å²) < 4.78 is 0. The molecule has 3 aromatic rings. The molecule has 1 aromatic carbocycles. The smallest absolute Gasteiger partial charge is 0.259 e. The second-order valence-electron chi connectivity index (χ2n) is 5.70. The number of carbonyl (C=O) groups is 2. The molecule has 2 heterocycles. The number of aromatic nitrogens is 2. The Balaban J connectivity index is 1.50. The number of nitrogens with zero attached hydrogens (tertiary/aromatic N) is 3.